The minimum Gasteiger partial charge on any atom is -0.465 e. The quantitative estimate of drug-likeness (QED) is 0.0881. The summed E-state index contributed by atoms with van der Waals surface area (Å²) in [6.07, 6.45) is -0.0653. The number of hydrogen-bond acceptors (Lipinski definition) is 10. The molecule has 0 fully saturated rings. The van der Waals surface area contributed by atoms with Gasteiger partial charge in [0.15, 0.2) is 0 Å². The van der Waals surface area contributed by atoms with E-state index in [9.17, 15) is 45.5 Å². The summed E-state index contributed by atoms with van der Waals surface area (Å²) < 4.78 is 91.3. The van der Waals surface area contributed by atoms with Gasteiger partial charge < -0.3 is 30.7 Å². The van der Waals surface area contributed by atoms with E-state index in [1.165, 1.54) is 24.4 Å². The summed E-state index contributed by atoms with van der Waals surface area (Å²) in [5.41, 5.74) is 1.86. The Labute approximate surface area is 393 Å². The summed E-state index contributed by atoms with van der Waals surface area (Å²) in [5.74, 6) is -1.12. The minimum atomic E-state index is -4.81. The second kappa shape index (κ2) is 19.8. The van der Waals surface area contributed by atoms with Crippen molar-refractivity contribution in [1.29, 1.82) is 0 Å². The molecule has 4 N–H and O–H groups in total. The van der Waals surface area contributed by atoms with Crippen LogP contribution in [0.25, 0.3) is 44.1 Å². The lowest BCUT2D eigenvalue weighted by atomic mass is 10.0. The van der Waals surface area contributed by atoms with Crippen molar-refractivity contribution in [3.8, 4) is 22.3 Å². The maximum absolute atomic E-state index is 13.3. The molecule has 0 spiro atoms. The Morgan fingerprint density at radius 3 is 1.60 bits per heavy atom. The van der Waals surface area contributed by atoms with Gasteiger partial charge in [-0.3, -0.25) is 14.6 Å². The molecule has 4 aromatic carbocycles. The zero-order valence-corrected chi connectivity index (χ0v) is 37.5. The SMILES string of the molecule is CC(C)(C)OC(=O)n1ncc2c(-c3ccc(NC(=O)Nc4cccc(C(F)(F)F)c4)cc3)cncc21.COC(=O)c1ccc(NC(=O)Nc2ccc(-c3cncc4c3cnn4C)cc2)cc1C(F)(F)F. The van der Waals surface area contributed by atoms with E-state index in [0.29, 0.717) is 33.9 Å². The van der Waals surface area contributed by atoms with Crippen molar-refractivity contribution in [2.75, 3.05) is 28.4 Å². The Hall–Kier alpha value is -8.82. The molecule has 4 aromatic heterocycles. The molecule has 0 radical (unpaired) electrons. The molecule has 4 amide bonds. The highest BCUT2D eigenvalue weighted by atomic mass is 19.4. The first-order valence-electron chi connectivity index (χ1n) is 20.7. The fourth-order valence-electron chi connectivity index (χ4n) is 6.88. The molecule has 0 unspecified atom stereocenters. The normalized spacial score (nSPS) is 11.6. The molecule has 0 saturated heterocycles. The van der Waals surface area contributed by atoms with Crippen molar-refractivity contribution in [2.45, 2.75) is 38.7 Å². The topological polar surface area (TPSA) is 196 Å². The molecule has 70 heavy (non-hydrogen) atoms. The first-order valence-corrected chi connectivity index (χ1v) is 20.7. The number of carbonyl (C=O) groups is 4. The molecule has 0 atom stereocenters. The first-order chi connectivity index (χ1) is 33.1. The number of fused-ring (bicyclic) bond motifs is 2. The summed E-state index contributed by atoms with van der Waals surface area (Å²) in [6, 6.07) is 19.4. The van der Waals surface area contributed by atoms with Gasteiger partial charge in [-0.05, 0) is 92.6 Å². The van der Waals surface area contributed by atoms with Crippen LogP contribution in [0.4, 0.5) is 63.5 Å². The van der Waals surface area contributed by atoms with Crippen LogP contribution in [0.1, 0.15) is 42.3 Å². The Morgan fingerprint density at radius 1 is 0.571 bits per heavy atom. The zero-order chi connectivity index (χ0) is 50.5. The van der Waals surface area contributed by atoms with Gasteiger partial charge >= 0.3 is 36.5 Å². The number of halogens is 6. The van der Waals surface area contributed by atoms with E-state index in [4.69, 9.17) is 4.74 Å². The molecule has 8 aromatic rings. The predicted molar refractivity (Wildman–Crippen MR) is 248 cm³/mol. The van der Waals surface area contributed by atoms with Crippen LogP contribution < -0.4 is 21.3 Å². The van der Waals surface area contributed by atoms with E-state index in [1.807, 2.05) is 7.05 Å². The van der Waals surface area contributed by atoms with Crippen molar-refractivity contribution >= 4 is 68.7 Å². The number of rotatable bonds is 7. The monoisotopic (exact) mass is 966 g/mol. The number of ether oxygens (including phenoxy) is 2. The molecule has 8 rings (SSSR count). The molecular weight excluding hydrogens is 927 g/mol. The second-order valence-electron chi connectivity index (χ2n) is 16.2. The number of benzene rings is 4. The maximum atomic E-state index is 13.3. The van der Waals surface area contributed by atoms with Crippen LogP contribution in [0.5, 0.6) is 0 Å². The Morgan fingerprint density at radius 2 is 1.07 bits per heavy atom. The number of alkyl halides is 6. The van der Waals surface area contributed by atoms with E-state index in [-0.39, 0.29) is 11.4 Å². The highest BCUT2D eigenvalue weighted by Crippen LogP contribution is 2.35. The minimum absolute atomic E-state index is 0.0127. The largest absolute Gasteiger partial charge is 0.465 e. The Bertz CT molecular complexity index is 3240. The van der Waals surface area contributed by atoms with Gasteiger partial charge in [0.05, 0.1) is 59.6 Å². The molecule has 0 aliphatic heterocycles. The molecular formula is C48H40F6N10O6. The molecule has 0 aliphatic rings. The molecule has 0 aliphatic carbocycles. The predicted octanol–water partition coefficient (Wildman–Crippen LogP) is 11.6. The van der Waals surface area contributed by atoms with E-state index >= 15 is 0 Å². The summed E-state index contributed by atoms with van der Waals surface area (Å²) in [7, 11) is 2.81. The molecule has 4 heterocycles. The fourth-order valence-corrected chi connectivity index (χ4v) is 6.88. The third-order valence-electron chi connectivity index (χ3n) is 10.1. The number of esters is 1. The summed E-state index contributed by atoms with van der Waals surface area (Å²) in [6.45, 7) is 5.28. The third kappa shape index (κ3) is 11.6. The van der Waals surface area contributed by atoms with Gasteiger partial charge in [-0.15, -0.1) is 0 Å². The molecule has 22 heteroatoms. The van der Waals surface area contributed by atoms with Crippen molar-refractivity contribution in [3.05, 3.63) is 145 Å². The van der Waals surface area contributed by atoms with Gasteiger partial charge in [0.25, 0.3) is 0 Å². The van der Waals surface area contributed by atoms with Crippen molar-refractivity contribution in [1.82, 2.24) is 29.5 Å². The lowest BCUT2D eigenvalue weighted by Gasteiger charge is -2.19. The number of hydrogen-bond donors (Lipinski definition) is 4. The average molecular weight is 967 g/mol. The van der Waals surface area contributed by atoms with Crippen LogP contribution in [-0.2, 0) is 28.9 Å². The molecule has 360 valence electrons. The number of anilines is 4. The van der Waals surface area contributed by atoms with Crippen LogP contribution in [0.3, 0.4) is 0 Å². The van der Waals surface area contributed by atoms with E-state index < -0.39 is 58.8 Å². The smallest absolute Gasteiger partial charge is 0.435 e. The van der Waals surface area contributed by atoms with Gasteiger partial charge in [0, 0.05) is 64.1 Å². The zero-order valence-electron chi connectivity index (χ0n) is 37.5. The summed E-state index contributed by atoms with van der Waals surface area (Å²) in [5, 5.41) is 19.9. The molecule has 0 bridgehead atoms. The van der Waals surface area contributed by atoms with Crippen LogP contribution in [0.15, 0.2) is 128 Å². The van der Waals surface area contributed by atoms with Crippen LogP contribution >= 0.6 is 0 Å². The van der Waals surface area contributed by atoms with Crippen molar-refractivity contribution in [2.24, 2.45) is 7.05 Å². The fraction of sp³-hybridized carbons (Fsp3) is 0.167. The van der Waals surface area contributed by atoms with E-state index in [2.05, 4.69) is 46.2 Å². The lowest BCUT2D eigenvalue weighted by molar-refractivity contribution is -0.138. The number of aromatic nitrogens is 6. The number of amides is 4. The summed E-state index contributed by atoms with van der Waals surface area (Å²) >= 11 is 0. The van der Waals surface area contributed by atoms with Crippen LogP contribution in [0, 0.1) is 0 Å². The molecule has 0 saturated carbocycles. The van der Waals surface area contributed by atoms with Crippen molar-refractivity contribution in [3.63, 3.8) is 0 Å². The number of nitrogens with one attached hydrogen (secondary N) is 4. The number of methoxy groups -OCH3 is 1. The summed E-state index contributed by atoms with van der Waals surface area (Å²) in [4.78, 5) is 57.2. The number of carbonyl (C=O) groups excluding carboxylic acids is 4. The van der Waals surface area contributed by atoms with Crippen molar-refractivity contribution < 1.29 is 55.0 Å². The second-order valence-corrected chi connectivity index (χ2v) is 16.2. The first kappa shape index (κ1) is 49.1. The lowest BCUT2D eigenvalue weighted by Crippen LogP contribution is -2.27. The average Bonchev–Trinajstić information content (AvgIpc) is 3.92. The van der Waals surface area contributed by atoms with Crippen LogP contribution in [0.2, 0.25) is 0 Å². The highest BCUT2D eigenvalue weighted by Gasteiger charge is 2.36. The van der Waals surface area contributed by atoms with Gasteiger partial charge in [-0.25, -0.2) is 19.2 Å². The number of urea groups is 2. The standard InChI is InChI=1S/C25H22F3N5O3.C23H18F3N5O3/c1-24(2,3)36-23(35)33-21-14-29-12-19(20(21)13-30-33)15-7-9-17(10-8-15)31-22(34)32-18-6-4-5-16(11-18)25(26,27)28;1-31-20-12-27-10-17(18(20)11-28-31)13-3-5-14(6-4-13)29-22(33)30-15-7-8-16(21(32)34-2)19(9-15)23(24,25)26/h4-14H,1-3H3,(H2,31,32,34);3-12H,1-2H3,(H2,29,30,33). The number of pyridine rings is 2. The Balaban J connectivity index is 0.000000207. The number of nitrogens with zero attached hydrogens (tertiary/aromatic N) is 6. The van der Waals surface area contributed by atoms with Gasteiger partial charge in [0.1, 0.15) is 5.60 Å². The van der Waals surface area contributed by atoms with Gasteiger partial charge in [0.2, 0.25) is 0 Å². The van der Waals surface area contributed by atoms with E-state index in [1.54, 1.807) is 105 Å². The number of aryl methyl sites for hydroxylation is 1. The van der Waals surface area contributed by atoms with Crippen LogP contribution in [-0.4, -0.2) is 66.4 Å². The highest BCUT2D eigenvalue weighted by molar-refractivity contribution is 6.02. The van der Waals surface area contributed by atoms with E-state index in [0.717, 1.165) is 57.6 Å². The Kier molecular flexibility index (Phi) is 13.9. The molecule has 16 nitrogen and oxygen atoms in total. The van der Waals surface area contributed by atoms with Gasteiger partial charge in [-0.1, -0.05) is 30.3 Å². The third-order valence-corrected chi connectivity index (χ3v) is 10.1. The van der Waals surface area contributed by atoms with Gasteiger partial charge in [-0.2, -0.15) is 41.2 Å². The maximum Gasteiger partial charge on any atom is 0.435 e.